The summed E-state index contributed by atoms with van der Waals surface area (Å²) in [5.41, 5.74) is 13.3. The van der Waals surface area contributed by atoms with Gasteiger partial charge in [0.25, 0.3) is 0 Å². The molecule has 0 unspecified atom stereocenters. The Morgan fingerprint density at radius 2 is 0.744 bits per heavy atom. The normalized spacial score (nSPS) is 27.2. The first-order chi connectivity index (χ1) is 39.1. The number of nitrogens with two attached hydrogens (primary N) is 2. The summed E-state index contributed by atoms with van der Waals surface area (Å²) in [5, 5.41) is 22.9. The Balaban J connectivity index is 1.59. The second-order valence-corrected chi connectivity index (χ2v) is 23.1. The summed E-state index contributed by atoms with van der Waals surface area (Å²) in [6.45, 7) is 14.8. The molecule has 3 saturated heterocycles. The molecule has 0 radical (unpaired) electrons. The fourth-order valence-corrected chi connectivity index (χ4v) is 10.8. The Morgan fingerprint density at radius 1 is 0.427 bits per heavy atom. The molecule has 3 fully saturated rings. The largest absolute Gasteiger partial charge is 0.343 e. The second kappa shape index (κ2) is 32.0. The minimum absolute atomic E-state index is 0.0266. The molecule has 0 aromatic heterocycles. The summed E-state index contributed by atoms with van der Waals surface area (Å²) in [4.78, 5) is 149. The van der Waals surface area contributed by atoms with Gasteiger partial charge in [-0.05, 0) is 99.3 Å². The zero-order chi connectivity index (χ0) is 60.2. The van der Waals surface area contributed by atoms with Crippen molar-refractivity contribution >= 4 is 59.1 Å². The van der Waals surface area contributed by atoms with E-state index in [0.717, 1.165) is 0 Å². The van der Waals surface area contributed by atoms with E-state index in [2.05, 4.69) is 42.5 Å². The molecule has 3 aliphatic rings. The Morgan fingerprint density at radius 3 is 1.06 bits per heavy atom. The summed E-state index contributed by atoms with van der Waals surface area (Å²) >= 11 is 0. The van der Waals surface area contributed by atoms with Gasteiger partial charge in [-0.1, -0.05) is 129 Å². The van der Waals surface area contributed by atoms with Gasteiger partial charge in [0.15, 0.2) is 0 Å². The highest BCUT2D eigenvalue weighted by Gasteiger charge is 2.44. The molecule has 0 spiro atoms. The van der Waals surface area contributed by atoms with Crippen molar-refractivity contribution in [2.24, 2.45) is 35.1 Å². The van der Waals surface area contributed by atoms with Gasteiger partial charge >= 0.3 is 0 Å². The van der Waals surface area contributed by atoms with E-state index in [1.807, 2.05) is 26.0 Å². The summed E-state index contributed by atoms with van der Waals surface area (Å²) < 4.78 is 0. The lowest BCUT2D eigenvalue weighted by Crippen LogP contribution is -2.63. The number of rotatable bonds is 16. The predicted octanol–water partition coefficient (Wildman–Crippen LogP) is 1.23. The highest BCUT2D eigenvalue weighted by molar-refractivity contribution is 6.00. The Hall–Kier alpha value is -6.94. The monoisotopic (exact) mass is 1140 g/mol. The van der Waals surface area contributed by atoms with E-state index in [4.69, 9.17) is 11.5 Å². The van der Waals surface area contributed by atoms with Gasteiger partial charge in [-0.15, -0.1) is 0 Å². The van der Waals surface area contributed by atoms with Crippen molar-refractivity contribution in [1.82, 2.24) is 52.3 Å². The van der Waals surface area contributed by atoms with Crippen molar-refractivity contribution in [3.05, 3.63) is 71.8 Å². The van der Waals surface area contributed by atoms with Gasteiger partial charge in [0.2, 0.25) is 59.1 Å². The van der Waals surface area contributed by atoms with E-state index in [-0.39, 0.29) is 64.7 Å². The number of carbonyl (C=O) groups is 10. The third kappa shape index (κ3) is 18.0. The fourth-order valence-electron chi connectivity index (χ4n) is 10.8. The molecule has 82 heavy (non-hydrogen) atoms. The van der Waals surface area contributed by atoms with Gasteiger partial charge in [0, 0.05) is 25.9 Å². The topological polar surface area (TPSA) is 325 Å². The predicted molar refractivity (Wildman–Crippen MR) is 310 cm³/mol. The van der Waals surface area contributed by atoms with Crippen molar-refractivity contribution in [2.75, 3.05) is 26.2 Å². The minimum Gasteiger partial charge on any atom is -0.343 e. The zero-order valence-corrected chi connectivity index (χ0v) is 49.3. The number of nitrogens with zero attached hydrogens (tertiary/aromatic N) is 2. The number of nitrogens with one attached hydrogen (secondary N) is 8. The van der Waals surface area contributed by atoms with Crippen LogP contribution in [0.1, 0.15) is 131 Å². The first-order valence-electron chi connectivity index (χ1n) is 29.7. The van der Waals surface area contributed by atoms with Crippen LogP contribution in [0.3, 0.4) is 0 Å². The number of benzene rings is 2. The summed E-state index contributed by atoms with van der Waals surface area (Å²) in [7, 11) is 0. The van der Waals surface area contributed by atoms with Crippen LogP contribution < -0.4 is 54.0 Å². The smallest absolute Gasteiger partial charge is 0.246 e. The molecule has 3 aliphatic heterocycles. The molecule has 0 aliphatic carbocycles. The molecule has 2 aromatic rings. The zero-order valence-electron chi connectivity index (χ0n) is 49.3. The fraction of sp³-hybridized carbons (Fsp3) is 0.633. The number of carbonyl (C=O) groups excluding carboxylic acids is 10. The highest BCUT2D eigenvalue weighted by atomic mass is 16.2. The Labute approximate surface area is 483 Å². The van der Waals surface area contributed by atoms with E-state index in [9.17, 15) is 47.9 Å². The maximum Gasteiger partial charge on any atom is 0.246 e. The number of amides is 10. The molecular weight excluding hydrogens is 1050 g/mol. The van der Waals surface area contributed by atoms with Crippen LogP contribution in [0.15, 0.2) is 60.7 Å². The molecular formula is C60H92N12O10. The van der Waals surface area contributed by atoms with Gasteiger partial charge in [-0.3, -0.25) is 47.9 Å². The van der Waals surface area contributed by atoms with Crippen LogP contribution >= 0.6 is 0 Å². The quantitative estimate of drug-likeness (QED) is 0.114. The average Bonchev–Trinajstić information content (AvgIpc) is 4.17. The SMILES string of the molecule is CC[C@H](C)[C@@H]1NC(=O)[C@H](CCCN)NC(=O)[C@H](C(C)C)NC(=O)[C@@H]2CCCN2C(=O)[C@@H](Cc2ccccc2)NC(=O)[C@H]([C@@H](C)CC)NC(=O)[C@H](CCCN)NC(=O)[C@H](C(C)C)NC(=O)[C@@H]2CCCN2C(=O)[C@@H](Cc2ccccc2)NC1=O. The molecule has 3 heterocycles. The van der Waals surface area contributed by atoms with E-state index in [1.165, 1.54) is 9.80 Å². The first-order valence-corrected chi connectivity index (χ1v) is 29.7. The molecule has 10 amide bonds. The van der Waals surface area contributed by atoms with Crippen LogP contribution in [-0.4, -0.2) is 155 Å². The third-order valence-electron chi connectivity index (χ3n) is 16.2. The van der Waals surface area contributed by atoms with Gasteiger partial charge in [0.1, 0.15) is 60.4 Å². The third-order valence-corrected chi connectivity index (χ3v) is 16.2. The minimum atomic E-state index is -1.22. The number of hydrogen-bond acceptors (Lipinski definition) is 12. The van der Waals surface area contributed by atoms with Crippen LogP contribution in [0.5, 0.6) is 0 Å². The molecule has 22 heteroatoms. The molecule has 12 N–H and O–H groups in total. The molecule has 2 aromatic carbocycles. The molecule has 5 rings (SSSR count). The van der Waals surface area contributed by atoms with Crippen LogP contribution in [0, 0.1) is 23.7 Å². The van der Waals surface area contributed by atoms with E-state index < -0.39 is 143 Å². The van der Waals surface area contributed by atoms with Crippen molar-refractivity contribution in [3.63, 3.8) is 0 Å². The Kier molecular flexibility index (Phi) is 25.7. The van der Waals surface area contributed by atoms with Gasteiger partial charge in [0.05, 0.1) is 0 Å². The number of hydrogen-bond donors (Lipinski definition) is 10. The van der Waals surface area contributed by atoms with Crippen LogP contribution in [0.4, 0.5) is 0 Å². The summed E-state index contributed by atoms with van der Waals surface area (Å²) in [5.74, 6) is -8.44. The van der Waals surface area contributed by atoms with E-state index >= 15 is 0 Å². The highest BCUT2D eigenvalue weighted by Crippen LogP contribution is 2.24. The van der Waals surface area contributed by atoms with Crippen LogP contribution in [-0.2, 0) is 60.8 Å². The lowest BCUT2D eigenvalue weighted by Gasteiger charge is -2.33. The van der Waals surface area contributed by atoms with Crippen molar-refractivity contribution in [2.45, 2.75) is 193 Å². The molecule has 22 nitrogen and oxygen atoms in total. The molecule has 0 saturated carbocycles. The maximum atomic E-state index is 14.9. The van der Waals surface area contributed by atoms with Crippen molar-refractivity contribution < 1.29 is 47.9 Å². The summed E-state index contributed by atoms with van der Waals surface area (Å²) in [6, 6.07) is 6.27. The molecule has 12 atom stereocenters. The van der Waals surface area contributed by atoms with Gasteiger partial charge in [-0.2, -0.15) is 0 Å². The van der Waals surface area contributed by atoms with Crippen LogP contribution in [0.2, 0.25) is 0 Å². The van der Waals surface area contributed by atoms with Gasteiger partial charge in [-0.25, -0.2) is 0 Å². The first kappa shape index (κ1) is 65.9. The van der Waals surface area contributed by atoms with E-state index in [0.29, 0.717) is 49.7 Å². The van der Waals surface area contributed by atoms with E-state index in [1.54, 1.807) is 90.1 Å². The lowest BCUT2D eigenvalue weighted by molar-refractivity contribution is -0.143. The van der Waals surface area contributed by atoms with Crippen LogP contribution in [0.25, 0.3) is 0 Å². The lowest BCUT2D eigenvalue weighted by atomic mass is 9.96. The molecule has 452 valence electrons. The second-order valence-electron chi connectivity index (χ2n) is 23.1. The van der Waals surface area contributed by atoms with Crippen molar-refractivity contribution in [1.29, 1.82) is 0 Å². The standard InChI is InChI=1S/C60H92N12O10/c1-9-37(7)49-57(79)65-43(33-39-21-13-11-14-22-39)59(81)71-31-19-27-45(71)53(75)68-48(36(5)6)56(78)64-42(26-18-30-62)52(74)70-50(38(8)10-2)58(80)66-44(34-40-23-15-12-16-24-40)60(82)72-32-20-28-46(72)54(76)67-47(35(3)4)55(77)63-41(25-17-29-61)51(73)69-49/h11-16,21-24,35-38,41-50H,9-10,17-20,25-34,61-62H2,1-8H3,(H,63,77)(H,64,78)(H,65,79)(H,66,80)(H,67,76)(H,68,75)(H,69,73)(H,70,74)/t37-,38-,41-,42-,43+,44+,45-,46-,47-,48-,49-,50-/m0/s1. The average molecular weight is 1140 g/mol. The molecule has 0 bridgehead atoms. The van der Waals surface area contributed by atoms with Crippen molar-refractivity contribution in [3.8, 4) is 0 Å². The Bertz CT molecular complexity index is 2330. The number of fused-ring (bicyclic) bond motifs is 2. The summed E-state index contributed by atoms with van der Waals surface area (Å²) in [6.07, 6.45) is 3.01. The van der Waals surface area contributed by atoms with Gasteiger partial charge < -0.3 is 63.8 Å². The maximum absolute atomic E-state index is 14.9.